The van der Waals surface area contributed by atoms with Crippen molar-refractivity contribution >= 4 is 5.91 Å². The third-order valence-corrected chi connectivity index (χ3v) is 2.76. The molecule has 1 amide bonds. The van der Waals surface area contributed by atoms with Gasteiger partial charge in [0.15, 0.2) is 0 Å². The van der Waals surface area contributed by atoms with Crippen LogP contribution < -0.4 is 10.6 Å². The van der Waals surface area contributed by atoms with Crippen LogP contribution in [-0.4, -0.2) is 24.5 Å². The second-order valence-electron chi connectivity index (χ2n) is 4.59. The van der Waals surface area contributed by atoms with E-state index in [1.807, 2.05) is 20.8 Å². The zero-order valence-electron chi connectivity index (χ0n) is 9.47. The first-order valence-corrected chi connectivity index (χ1v) is 5.63. The lowest BCUT2D eigenvalue weighted by Crippen LogP contribution is -2.46. The molecule has 3 heteroatoms. The third kappa shape index (κ3) is 3.66. The van der Waals surface area contributed by atoms with Gasteiger partial charge >= 0.3 is 0 Å². The molecule has 1 fully saturated rings. The molecular weight excluding hydrogens is 176 g/mol. The lowest BCUT2D eigenvalue weighted by Gasteiger charge is -2.27. The second-order valence-corrected chi connectivity index (χ2v) is 4.59. The molecule has 1 aliphatic rings. The molecule has 0 aromatic carbocycles. The SMILES string of the molecule is CC(C)NC(=O)C(C)NCC1CCC1. The highest BCUT2D eigenvalue weighted by Crippen LogP contribution is 2.25. The Kier molecular flexibility index (Phi) is 4.39. The average molecular weight is 198 g/mol. The first-order valence-electron chi connectivity index (χ1n) is 5.63. The molecule has 0 heterocycles. The van der Waals surface area contributed by atoms with E-state index in [2.05, 4.69) is 10.6 Å². The Balaban J connectivity index is 2.12. The minimum absolute atomic E-state index is 0.0574. The maximum atomic E-state index is 11.5. The minimum atomic E-state index is -0.0574. The van der Waals surface area contributed by atoms with Crippen molar-refractivity contribution in [2.45, 2.75) is 52.1 Å². The standard InChI is InChI=1S/C11H22N2O/c1-8(2)13-11(14)9(3)12-7-10-5-4-6-10/h8-10,12H,4-7H2,1-3H3,(H,13,14). The maximum Gasteiger partial charge on any atom is 0.237 e. The van der Waals surface area contributed by atoms with Crippen molar-refractivity contribution in [2.24, 2.45) is 5.92 Å². The average Bonchev–Trinajstić information content (AvgIpc) is 1.99. The fraction of sp³-hybridized carbons (Fsp3) is 0.909. The number of rotatable bonds is 5. The highest BCUT2D eigenvalue weighted by Gasteiger charge is 2.19. The van der Waals surface area contributed by atoms with Gasteiger partial charge in [0.05, 0.1) is 6.04 Å². The van der Waals surface area contributed by atoms with Crippen molar-refractivity contribution in [1.82, 2.24) is 10.6 Å². The molecule has 0 spiro atoms. The van der Waals surface area contributed by atoms with E-state index in [9.17, 15) is 4.79 Å². The second kappa shape index (κ2) is 5.35. The van der Waals surface area contributed by atoms with Gasteiger partial charge in [0, 0.05) is 6.04 Å². The Labute approximate surface area is 86.6 Å². The molecule has 0 aliphatic heterocycles. The Morgan fingerprint density at radius 1 is 1.36 bits per heavy atom. The normalized spacial score (nSPS) is 19.1. The quantitative estimate of drug-likeness (QED) is 0.699. The largest absolute Gasteiger partial charge is 0.353 e. The molecule has 1 unspecified atom stereocenters. The van der Waals surface area contributed by atoms with Gasteiger partial charge in [-0.2, -0.15) is 0 Å². The molecule has 82 valence electrons. The van der Waals surface area contributed by atoms with Crippen LogP contribution in [0.15, 0.2) is 0 Å². The summed E-state index contributed by atoms with van der Waals surface area (Å²) in [5, 5.41) is 6.18. The van der Waals surface area contributed by atoms with Crippen LogP contribution in [0.2, 0.25) is 0 Å². The summed E-state index contributed by atoms with van der Waals surface area (Å²) >= 11 is 0. The molecular formula is C11H22N2O. The summed E-state index contributed by atoms with van der Waals surface area (Å²) in [5.41, 5.74) is 0. The van der Waals surface area contributed by atoms with Gasteiger partial charge < -0.3 is 10.6 Å². The summed E-state index contributed by atoms with van der Waals surface area (Å²) in [6.45, 7) is 6.89. The Hall–Kier alpha value is -0.570. The Morgan fingerprint density at radius 2 is 2.00 bits per heavy atom. The summed E-state index contributed by atoms with van der Waals surface area (Å²) < 4.78 is 0. The van der Waals surface area contributed by atoms with E-state index >= 15 is 0 Å². The maximum absolute atomic E-state index is 11.5. The third-order valence-electron chi connectivity index (χ3n) is 2.76. The summed E-state index contributed by atoms with van der Waals surface area (Å²) in [7, 11) is 0. The van der Waals surface area contributed by atoms with Crippen LogP contribution in [0, 0.1) is 5.92 Å². The number of hydrogen-bond acceptors (Lipinski definition) is 2. The van der Waals surface area contributed by atoms with Crippen LogP contribution in [0.1, 0.15) is 40.0 Å². The zero-order chi connectivity index (χ0) is 10.6. The van der Waals surface area contributed by atoms with E-state index < -0.39 is 0 Å². The van der Waals surface area contributed by atoms with Crippen LogP contribution in [-0.2, 0) is 4.79 Å². The van der Waals surface area contributed by atoms with Crippen LogP contribution in [0.4, 0.5) is 0 Å². The van der Waals surface area contributed by atoms with Gasteiger partial charge in [-0.25, -0.2) is 0 Å². The number of nitrogens with one attached hydrogen (secondary N) is 2. The summed E-state index contributed by atoms with van der Waals surface area (Å²) in [4.78, 5) is 11.5. The van der Waals surface area contributed by atoms with Gasteiger partial charge in [-0.3, -0.25) is 4.79 Å². The number of hydrogen-bond donors (Lipinski definition) is 2. The highest BCUT2D eigenvalue weighted by molar-refractivity contribution is 5.81. The number of carbonyl (C=O) groups is 1. The lowest BCUT2D eigenvalue weighted by atomic mass is 9.85. The fourth-order valence-electron chi connectivity index (χ4n) is 1.54. The first-order chi connectivity index (χ1) is 6.59. The van der Waals surface area contributed by atoms with E-state index in [1.54, 1.807) is 0 Å². The van der Waals surface area contributed by atoms with E-state index in [1.165, 1.54) is 19.3 Å². The van der Waals surface area contributed by atoms with Gasteiger partial charge in [0.1, 0.15) is 0 Å². The fourth-order valence-corrected chi connectivity index (χ4v) is 1.54. The van der Waals surface area contributed by atoms with Crippen molar-refractivity contribution < 1.29 is 4.79 Å². The van der Waals surface area contributed by atoms with Gasteiger partial charge in [-0.05, 0) is 46.1 Å². The van der Waals surface area contributed by atoms with Crippen LogP contribution in [0.3, 0.4) is 0 Å². The van der Waals surface area contributed by atoms with Gasteiger partial charge in [-0.1, -0.05) is 6.42 Å². The lowest BCUT2D eigenvalue weighted by molar-refractivity contribution is -0.123. The van der Waals surface area contributed by atoms with Crippen molar-refractivity contribution in [3.8, 4) is 0 Å². The van der Waals surface area contributed by atoms with Gasteiger partial charge in [0.25, 0.3) is 0 Å². The molecule has 0 aromatic rings. The Bertz CT molecular complexity index is 188. The molecule has 0 radical (unpaired) electrons. The molecule has 1 saturated carbocycles. The monoisotopic (exact) mass is 198 g/mol. The van der Waals surface area contributed by atoms with Crippen LogP contribution >= 0.6 is 0 Å². The van der Waals surface area contributed by atoms with Crippen molar-refractivity contribution in [3.05, 3.63) is 0 Å². The predicted octanol–water partition coefficient (Wildman–Crippen LogP) is 1.29. The van der Waals surface area contributed by atoms with Crippen molar-refractivity contribution in [1.29, 1.82) is 0 Å². The molecule has 0 bridgehead atoms. The molecule has 1 aliphatic carbocycles. The number of amides is 1. The summed E-state index contributed by atoms with van der Waals surface area (Å²) in [5.74, 6) is 0.920. The molecule has 3 nitrogen and oxygen atoms in total. The highest BCUT2D eigenvalue weighted by atomic mass is 16.2. The van der Waals surface area contributed by atoms with E-state index in [0.29, 0.717) is 0 Å². The first kappa shape index (κ1) is 11.5. The molecule has 0 aromatic heterocycles. The van der Waals surface area contributed by atoms with E-state index in [-0.39, 0.29) is 18.0 Å². The van der Waals surface area contributed by atoms with Gasteiger partial charge in [0.2, 0.25) is 5.91 Å². The van der Waals surface area contributed by atoms with Crippen LogP contribution in [0.25, 0.3) is 0 Å². The predicted molar refractivity (Wildman–Crippen MR) is 58.1 cm³/mol. The number of carbonyl (C=O) groups excluding carboxylic acids is 1. The summed E-state index contributed by atoms with van der Waals surface area (Å²) in [6.07, 6.45) is 4.01. The molecule has 1 rings (SSSR count). The van der Waals surface area contributed by atoms with Crippen molar-refractivity contribution in [2.75, 3.05) is 6.54 Å². The van der Waals surface area contributed by atoms with Gasteiger partial charge in [-0.15, -0.1) is 0 Å². The topological polar surface area (TPSA) is 41.1 Å². The smallest absolute Gasteiger partial charge is 0.237 e. The minimum Gasteiger partial charge on any atom is -0.353 e. The molecule has 0 saturated heterocycles. The molecule has 2 N–H and O–H groups in total. The van der Waals surface area contributed by atoms with E-state index in [4.69, 9.17) is 0 Å². The molecule has 14 heavy (non-hydrogen) atoms. The Morgan fingerprint density at radius 3 is 2.43 bits per heavy atom. The van der Waals surface area contributed by atoms with Crippen molar-refractivity contribution in [3.63, 3.8) is 0 Å². The summed E-state index contributed by atoms with van der Waals surface area (Å²) in [6, 6.07) is 0.174. The van der Waals surface area contributed by atoms with E-state index in [0.717, 1.165) is 12.5 Å². The van der Waals surface area contributed by atoms with Crippen LogP contribution in [0.5, 0.6) is 0 Å². The molecule has 1 atom stereocenters. The zero-order valence-corrected chi connectivity index (χ0v) is 9.47.